The fourth-order valence-electron chi connectivity index (χ4n) is 5.55. The number of hydrogen-bond acceptors (Lipinski definition) is 4. The number of phenolic OH excluding ortho intramolecular Hbond substituents is 4. The molecule has 0 unspecified atom stereocenters. The summed E-state index contributed by atoms with van der Waals surface area (Å²) >= 11 is 0. The molecule has 4 N–H and O–H groups in total. The Balaban J connectivity index is 1.69. The molecule has 0 saturated heterocycles. The molecule has 4 heteroatoms. The first-order valence-corrected chi connectivity index (χ1v) is 13.4. The predicted octanol–water partition coefficient (Wildman–Crippen LogP) is 8.10. The van der Waals surface area contributed by atoms with Crippen molar-refractivity contribution in [3.05, 3.63) is 153 Å². The Kier molecular flexibility index (Phi) is 7.27. The van der Waals surface area contributed by atoms with Gasteiger partial charge in [-0.1, -0.05) is 95.1 Å². The first-order chi connectivity index (χ1) is 19.1. The third-order valence-corrected chi connectivity index (χ3v) is 7.58. The van der Waals surface area contributed by atoms with Crippen molar-refractivity contribution in [2.75, 3.05) is 0 Å². The van der Waals surface area contributed by atoms with E-state index in [4.69, 9.17) is 0 Å². The summed E-state index contributed by atoms with van der Waals surface area (Å²) in [5.74, 6) is -0.180. The maximum atomic E-state index is 10.9. The maximum Gasteiger partial charge on any atom is 0.119 e. The molecule has 0 aliphatic heterocycles. The van der Waals surface area contributed by atoms with Crippen LogP contribution in [-0.2, 0) is 0 Å². The zero-order valence-electron chi connectivity index (χ0n) is 23.2. The molecular weight excluding hydrogens is 496 g/mol. The highest BCUT2D eigenvalue weighted by atomic mass is 16.3. The van der Waals surface area contributed by atoms with Gasteiger partial charge in [0.25, 0.3) is 0 Å². The molecule has 5 aromatic rings. The Labute approximate surface area is 235 Å². The van der Waals surface area contributed by atoms with Gasteiger partial charge in [0.1, 0.15) is 23.0 Å². The Morgan fingerprint density at radius 1 is 0.350 bits per heavy atom. The van der Waals surface area contributed by atoms with Crippen LogP contribution in [0.1, 0.15) is 67.5 Å². The first kappa shape index (κ1) is 26.9. The number of phenols is 4. The molecule has 0 atom stereocenters. The van der Waals surface area contributed by atoms with E-state index in [2.05, 4.69) is 0 Å². The average Bonchev–Trinajstić information content (AvgIpc) is 2.93. The zero-order chi connectivity index (χ0) is 28.6. The van der Waals surface area contributed by atoms with Crippen molar-refractivity contribution in [1.29, 1.82) is 0 Å². The minimum Gasteiger partial charge on any atom is -0.508 e. The molecule has 0 saturated carbocycles. The zero-order valence-corrected chi connectivity index (χ0v) is 23.2. The van der Waals surface area contributed by atoms with E-state index in [1.165, 1.54) is 0 Å². The van der Waals surface area contributed by atoms with Crippen LogP contribution in [0, 0.1) is 27.7 Å². The molecule has 0 amide bonds. The second-order valence-corrected chi connectivity index (χ2v) is 10.8. The lowest BCUT2D eigenvalue weighted by Gasteiger charge is -2.24. The van der Waals surface area contributed by atoms with Gasteiger partial charge in [-0.3, -0.25) is 0 Å². The summed E-state index contributed by atoms with van der Waals surface area (Å²) in [4.78, 5) is 0. The van der Waals surface area contributed by atoms with E-state index in [0.29, 0.717) is 22.3 Å². The van der Waals surface area contributed by atoms with E-state index < -0.39 is 11.8 Å². The van der Waals surface area contributed by atoms with Gasteiger partial charge in [0.05, 0.1) is 0 Å². The molecule has 0 aliphatic carbocycles. The van der Waals surface area contributed by atoms with Crippen LogP contribution in [0.25, 0.3) is 0 Å². The fourth-order valence-corrected chi connectivity index (χ4v) is 5.55. The molecule has 0 aromatic heterocycles. The summed E-state index contributed by atoms with van der Waals surface area (Å²) in [5, 5.41) is 43.6. The van der Waals surface area contributed by atoms with Gasteiger partial charge in [0.2, 0.25) is 0 Å². The molecule has 4 nitrogen and oxygen atoms in total. The van der Waals surface area contributed by atoms with E-state index in [9.17, 15) is 20.4 Å². The third-order valence-electron chi connectivity index (χ3n) is 7.58. The molecule has 5 rings (SSSR count). The van der Waals surface area contributed by atoms with Crippen molar-refractivity contribution in [3.8, 4) is 23.0 Å². The van der Waals surface area contributed by atoms with Gasteiger partial charge in [0, 0.05) is 34.1 Å². The van der Waals surface area contributed by atoms with Gasteiger partial charge < -0.3 is 20.4 Å². The second-order valence-electron chi connectivity index (χ2n) is 10.8. The molecule has 202 valence electrons. The summed E-state index contributed by atoms with van der Waals surface area (Å²) < 4.78 is 0. The van der Waals surface area contributed by atoms with Crippen LogP contribution in [0.5, 0.6) is 23.0 Å². The lowest BCUT2D eigenvalue weighted by Crippen LogP contribution is -2.08. The highest BCUT2D eigenvalue weighted by Gasteiger charge is 2.26. The number of hydrogen-bond donors (Lipinski definition) is 4. The van der Waals surface area contributed by atoms with Crippen LogP contribution in [0.3, 0.4) is 0 Å². The van der Waals surface area contributed by atoms with E-state index >= 15 is 0 Å². The van der Waals surface area contributed by atoms with Crippen molar-refractivity contribution in [3.63, 3.8) is 0 Å². The maximum absolute atomic E-state index is 10.9. The van der Waals surface area contributed by atoms with E-state index in [1.807, 2.05) is 100 Å². The lowest BCUT2D eigenvalue weighted by molar-refractivity contribution is 0.457. The highest BCUT2D eigenvalue weighted by Crippen LogP contribution is 2.44. The molecule has 40 heavy (non-hydrogen) atoms. The van der Waals surface area contributed by atoms with Crippen molar-refractivity contribution in [1.82, 2.24) is 0 Å². The second kappa shape index (κ2) is 10.8. The summed E-state index contributed by atoms with van der Waals surface area (Å²) in [6.07, 6.45) is 0. The van der Waals surface area contributed by atoms with Crippen LogP contribution >= 0.6 is 0 Å². The standard InChI is InChI=1S/C36H34O4/c1-21-5-13-31(37)27(17-21)35(28-18-22(2)6-14-32(28)38)25-9-11-26(12-10-25)36(29-19-23(3)7-15-33(29)39)30-20-24(4)8-16-34(30)40/h5-20,35-40H,1-4H3. The first-order valence-electron chi connectivity index (χ1n) is 13.4. The molecule has 5 aromatic carbocycles. The minimum absolute atomic E-state index is 0.160. The van der Waals surface area contributed by atoms with Crippen LogP contribution in [0.4, 0.5) is 0 Å². The molecule has 0 radical (unpaired) electrons. The molecule has 0 fully saturated rings. The van der Waals surface area contributed by atoms with Crippen molar-refractivity contribution < 1.29 is 20.4 Å². The Bertz CT molecular complexity index is 1460. The quantitative estimate of drug-likeness (QED) is 0.167. The van der Waals surface area contributed by atoms with Crippen LogP contribution in [0.15, 0.2) is 97.1 Å². The van der Waals surface area contributed by atoms with Crippen molar-refractivity contribution >= 4 is 0 Å². The number of rotatable bonds is 6. The van der Waals surface area contributed by atoms with E-state index in [-0.39, 0.29) is 23.0 Å². The van der Waals surface area contributed by atoms with Gasteiger partial charge in [0.15, 0.2) is 0 Å². The molecule has 0 spiro atoms. The highest BCUT2D eigenvalue weighted by molar-refractivity contribution is 5.57. The monoisotopic (exact) mass is 530 g/mol. The summed E-state index contributed by atoms with van der Waals surface area (Å²) in [6, 6.07) is 30.0. The van der Waals surface area contributed by atoms with Crippen molar-refractivity contribution in [2.24, 2.45) is 0 Å². The minimum atomic E-state index is -0.410. The Morgan fingerprint density at radius 2 is 0.575 bits per heavy atom. The van der Waals surface area contributed by atoms with Crippen LogP contribution in [-0.4, -0.2) is 20.4 Å². The number of aromatic hydroxyl groups is 4. The van der Waals surface area contributed by atoms with Gasteiger partial charge in [-0.05, 0) is 63.1 Å². The molecule has 0 bridgehead atoms. The van der Waals surface area contributed by atoms with Crippen LogP contribution in [0.2, 0.25) is 0 Å². The lowest BCUT2D eigenvalue weighted by atomic mass is 9.80. The predicted molar refractivity (Wildman–Crippen MR) is 160 cm³/mol. The van der Waals surface area contributed by atoms with Gasteiger partial charge in [-0.2, -0.15) is 0 Å². The largest absolute Gasteiger partial charge is 0.508 e. The van der Waals surface area contributed by atoms with E-state index in [0.717, 1.165) is 33.4 Å². The van der Waals surface area contributed by atoms with Gasteiger partial charge in [-0.15, -0.1) is 0 Å². The topological polar surface area (TPSA) is 80.9 Å². The smallest absolute Gasteiger partial charge is 0.119 e. The summed E-state index contributed by atoms with van der Waals surface area (Å²) in [7, 11) is 0. The SMILES string of the molecule is Cc1ccc(O)c(C(c2ccc(C(c3cc(C)ccc3O)c3cc(C)ccc3O)cc2)c2cc(C)ccc2O)c1. The Morgan fingerprint density at radius 3 is 0.800 bits per heavy atom. The molecular formula is C36H34O4. The van der Waals surface area contributed by atoms with E-state index in [1.54, 1.807) is 24.3 Å². The fraction of sp³-hybridized carbons (Fsp3) is 0.167. The molecule has 0 aliphatic rings. The normalized spacial score (nSPS) is 11.3. The third kappa shape index (κ3) is 5.26. The Hall–Kier alpha value is -4.70. The number of benzene rings is 5. The average molecular weight is 531 g/mol. The molecule has 0 heterocycles. The van der Waals surface area contributed by atoms with Crippen LogP contribution < -0.4 is 0 Å². The summed E-state index contributed by atoms with van der Waals surface area (Å²) in [5.41, 5.74) is 8.64. The number of aryl methyl sites for hydroxylation is 4. The van der Waals surface area contributed by atoms with Gasteiger partial charge >= 0.3 is 0 Å². The van der Waals surface area contributed by atoms with Gasteiger partial charge in [-0.25, -0.2) is 0 Å². The summed E-state index contributed by atoms with van der Waals surface area (Å²) in [6.45, 7) is 7.91. The van der Waals surface area contributed by atoms with Crippen molar-refractivity contribution in [2.45, 2.75) is 39.5 Å².